The van der Waals surface area contributed by atoms with Crippen molar-refractivity contribution in [3.05, 3.63) is 83.8 Å². The molecule has 9 nitrogen and oxygen atoms in total. The first-order valence-electron chi connectivity index (χ1n) is 14.1. The average Bonchev–Trinajstić information content (AvgIpc) is 3.01. The van der Waals surface area contributed by atoms with Gasteiger partial charge < -0.3 is 19.9 Å². The zero-order valence-corrected chi connectivity index (χ0v) is 25.4. The van der Waals surface area contributed by atoms with E-state index in [2.05, 4.69) is 25.3 Å². The third kappa shape index (κ3) is 7.88. The van der Waals surface area contributed by atoms with Crippen LogP contribution in [0.15, 0.2) is 61.1 Å². The highest BCUT2D eigenvalue weighted by Gasteiger charge is 2.58. The summed E-state index contributed by atoms with van der Waals surface area (Å²) in [6, 6.07) is 8.78. The van der Waals surface area contributed by atoms with Gasteiger partial charge in [0.05, 0.1) is 22.5 Å². The number of anilines is 2. The van der Waals surface area contributed by atoms with Gasteiger partial charge in [0.15, 0.2) is 5.82 Å². The minimum atomic E-state index is -5.88. The molecule has 0 fully saturated rings. The maximum absolute atomic E-state index is 15.0. The van der Waals surface area contributed by atoms with E-state index >= 15 is 0 Å². The van der Waals surface area contributed by atoms with Crippen molar-refractivity contribution in [3.63, 3.8) is 0 Å². The number of carbonyl (C=O) groups excluding carboxylic acids is 1. The lowest BCUT2D eigenvalue weighted by Gasteiger charge is -2.26. The first-order valence-corrected chi connectivity index (χ1v) is 14.1. The molecule has 1 amide bonds. The van der Waals surface area contributed by atoms with Gasteiger partial charge in [-0.15, -0.1) is 0 Å². The molecule has 15 heteroatoms. The molecule has 0 aliphatic rings. The number of aromatic nitrogens is 4. The van der Waals surface area contributed by atoms with E-state index in [4.69, 9.17) is 4.74 Å². The summed E-state index contributed by atoms with van der Waals surface area (Å²) in [7, 11) is 5.31. The molecule has 0 saturated carbocycles. The van der Waals surface area contributed by atoms with Crippen LogP contribution < -0.4 is 15.0 Å². The first-order chi connectivity index (χ1) is 21.7. The Bertz CT molecular complexity index is 1680. The highest BCUT2D eigenvalue weighted by molar-refractivity contribution is 6.06. The van der Waals surface area contributed by atoms with Gasteiger partial charge in [0.2, 0.25) is 5.88 Å². The smallest absolute Gasteiger partial charge is 0.438 e. The molecule has 46 heavy (non-hydrogen) atoms. The van der Waals surface area contributed by atoms with Crippen molar-refractivity contribution in [1.82, 2.24) is 24.8 Å². The lowest BCUT2D eigenvalue weighted by Crippen LogP contribution is -2.34. The minimum Gasteiger partial charge on any atom is -0.438 e. The summed E-state index contributed by atoms with van der Waals surface area (Å²) in [4.78, 5) is 33.7. The number of rotatable bonds is 12. The number of carbonyl (C=O) groups is 1. The van der Waals surface area contributed by atoms with Gasteiger partial charge in [-0.25, -0.2) is 24.3 Å². The Labute approximate surface area is 261 Å². The van der Waals surface area contributed by atoms with E-state index in [1.165, 1.54) is 18.6 Å². The van der Waals surface area contributed by atoms with Gasteiger partial charge in [0.1, 0.15) is 23.7 Å². The lowest BCUT2D eigenvalue weighted by atomic mass is 10.0. The predicted molar refractivity (Wildman–Crippen MR) is 160 cm³/mol. The normalized spacial score (nSPS) is 11.9. The second-order valence-corrected chi connectivity index (χ2v) is 10.5. The molecule has 4 aromatic rings. The molecular weight excluding hydrogens is 616 g/mol. The summed E-state index contributed by atoms with van der Waals surface area (Å²) >= 11 is 0. The molecule has 244 valence electrons. The number of halogens is 6. The van der Waals surface area contributed by atoms with Crippen molar-refractivity contribution in [1.29, 1.82) is 0 Å². The summed E-state index contributed by atoms with van der Waals surface area (Å²) in [5.41, 5.74) is -1.76. The fraction of sp³-hybridized carbons (Fsp3) is 0.323. The Kier molecular flexibility index (Phi) is 10.5. The van der Waals surface area contributed by atoms with Crippen LogP contribution in [0.1, 0.15) is 35.1 Å². The van der Waals surface area contributed by atoms with Crippen LogP contribution >= 0.6 is 0 Å². The fourth-order valence-corrected chi connectivity index (χ4v) is 4.39. The van der Waals surface area contributed by atoms with E-state index in [0.717, 1.165) is 18.2 Å². The first kappa shape index (κ1) is 34.1. The van der Waals surface area contributed by atoms with E-state index in [-0.39, 0.29) is 28.8 Å². The average molecular weight is 648 g/mol. The predicted octanol–water partition coefficient (Wildman–Crippen LogP) is 6.72. The van der Waals surface area contributed by atoms with Crippen LogP contribution in [-0.4, -0.2) is 71.2 Å². The van der Waals surface area contributed by atoms with Crippen molar-refractivity contribution in [2.45, 2.75) is 31.9 Å². The Balaban J connectivity index is 1.66. The van der Waals surface area contributed by atoms with Crippen LogP contribution in [0.3, 0.4) is 0 Å². The third-order valence-electron chi connectivity index (χ3n) is 6.82. The number of alkyl halides is 5. The van der Waals surface area contributed by atoms with Crippen LogP contribution in [-0.2, 0) is 12.3 Å². The van der Waals surface area contributed by atoms with E-state index < -0.39 is 35.0 Å². The number of benzene rings is 2. The summed E-state index contributed by atoms with van der Waals surface area (Å²) in [6.45, 7) is 2.91. The SMILES string of the molecule is CCc1ncnc(-c2cccnc2Oc2ccc(F)c(C(=O)Nc3cc(C(F)(F)C(F)(F)F)ccc3N(C)CCCN(C)C)c2)n1. The Morgan fingerprint density at radius 3 is 2.41 bits per heavy atom. The Morgan fingerprint density at radius 2 is 1.72 bits per heavy atom. The monoisotopic (exact) mass is 647 g/mol. The molecule has 0 radical (unpaired) electrons. The lowest BCUT2D eigenvalue weighted by molar-refractivity contribution is -0.289. The summed E-state index contributed by atoms with van der Waals surface area (Å²) < 4.78 is 89.0. The van der Waals surface area contributed by atoms with E-state index in [1.807, 2.05) is 25.9 Å². The van der Waals surface area contributed by atoms with Crippen LogP contribution in [0, 0.1) is 5.82 Å². The number of pyridine rings is 1. The van der Waals surface area contributed by atoms with Crippen molar-refractivity contribution < 1.29 is 35.9 Å². The molecule has 4 rings (SSSR count). The number of hydrogen-bond acceptors (Lipinski definition) is 8. The van der Waals surface area contributed by atoms with Crippen molar-refractivity contribution in [2.75, 3.05) is 44.4 Å². The number of aryl methyl sites for hydroxylation is 1. The fourth-order valence-electron chi connectivity index (χ4n) is 4.39. The summed E-state index contributed by atoms with van der Waals surface area (Å²) in [5, 5.41) is 2.32. The Morgan fingerprint density at radius 1 is 0.957 bits per heavy atom. The van der Waals surface area contributed by atoms with Gasteiger partial charge in [-0.3, -0.25) is 4.79 Å². The maximum atomic E-state index is 15.0. The highest BCUT2D eigenvalue weighted by atomic mass is 19.4. The molecule has 0 saturated heterocycles. The van der Waals surface area contributed by atoms with Crippen molar-refractivity contribution >= 4 is 17.3 Å². The number of amides is 1. The van der Waals surface area contributed by atoms with E-state index in [0.29, 0.717) is 49.5 Å². The number of ether oxygens (including phenoxy) is 1. The minimum absolute atomic E-state index is 0.0188. The molecule has 2 aromatic heterocycles. The molecule has 2 aromatic carbocycles. The van der Waals surface area contributed by atoms with E-state index in [9.17, 15) is 31.1 Å². The van der Waals surface area contributed by atoms with Gasteiger partial charge in [-0.05, 0) is 69.5 Å². The molecule has 1 N–H and O–H groups in total. The third-order valence-corrected chi connectivity index (χ3v) is 6.82. The molecule has 0 aliphatic heterocycles. The number of nitrogens with one attached hydrogen (secondary N) is 1. The standard InChI is InChI=1S/C31H31F6N7O2/c1-5-26-39-18-40-27(42-26)21-8-6-13-38-29(21)46-20-10-11-23(32)22(17-20)28(45)41-24-16-19(30(33,34)31(35,36)37)9-12-25(24)44(4)15-7-14-43(2)3/h6,8-13,16-18H,5,7,14-15H2,1-4H3,(H,41,45). The summed E-state index contributed by atoms with van der Waals surface area (Å²) in [5.74, 6) is -6.48. The molecule has 0 spiro atoms. The molecule has 0 atom stereocenters. The number of hydrogen-bond donors (Lipinski definition) is 1. The molecule has 0 unspecified atom stereocenters. The molecule has 2 heterocycles. The second-order valence-electron chi connectivity index (χ2n) is 10.5. The van der Waals surface area contributed by atoms with Crippen LogP contribution in [0.2, 0.25) is 0 Å². The summed E-state index contributed by atoms with van der Waals surface area (Å²) in [6.07, 6.45) is -1.93. The van der Waals surface area contributed by atoms with Crippen LogP contribution in [0.5, 0.6) is 11.6 Å². The van der Waals surface area contributed by atoms with Crippen molar-refractivity contribution in [3.8, 4) is 23.0 Å². The van der Waals surface area contributed by atoms with Crippen LogP contribution in [0.4, 0.5) is 37.7 Å². The molecule has 0 bridgehead atoms. The topological polar surface area (TPSA) is 96.4 Å². The molecule has 0 aliphatic carbocycles. The number of nitrogens with zero attached hydrogens (tertiary/aromatic N) is 6. The van der Waals surface area contributed by atoms with Gasteiger partial charge in [-0.2, -0.15) is 22.0 Å². The Hall–Kier alpha value is -4.79. The zero-order valence-electron chi connectivity index (χ0n) is 25.4. The highest BCUT2D eigenvalue weighted by Crippen LogP contribution is 2.45. The van der Waals surface area contributed by atoms with Gasteiger partial charge >= 0.3 is 12.1 Å². The van der Waals surface area contributed by atoms with Crippen molar-refractivity contribution in [2.24, 2.45) is 0 Å². The zero-order chi connectivity index (χ0) is 33.6. The van der Waals surface area contributed by atoms with Gasteiger partial charge in [0.25, 0.3) is 5.91 Å². The second kappa shape index (κ2) is 14.1. The molecular formula is C31H31F6N7O2. The quantitative estimate of drug-likeness (QED) is 0.169. The van der Waals surface area contributed by atoms with Gasteiger partial charge in [0, 0.05) is 31.8 Å². The van der Waals surface area contributed by atoms with Crippen LogP contribution in [0.25, 0.3) is 11.4 Å². The largest absolute Gasteiger partial charge is 0.458 e. The van der Waals surface area contributed by atoms with Gasteiger partial charge in [-0.1, -0.05) is 13.0 Å². The van der Waals surface area contributed by atoms with E-state index in [1.54, 1.807) is 24.1 Å². The maximum Gasteiger partial charge on any atom is 0.458 e.